The number of aliphatic hydroxyl groups is 1. The zero-order valence-electron chi connectivity index (χ0n) is 14.1. The Morgan fingerprint density at radius 3 is 2.82 bits per heavy atom. The third-order valence-corrected chi connectivity index (χ3v) is 3.99. The molecule has 0 bridgehead atoms. The molecule has 0 saturated carbocycles. The molecule has 0 fully saturated rings. The van der Waals surface area contributed by atoms with Crippen molar-refractivity contribution < 1.29 is 24.1 Å². The van der Waals surface area contributed by atoms with E-state index in [9.17, 15) is 4.79 Å². The summed E-state index contributed by atoms with van der Waals surface area (Å²) in [6.45, 7) is 4.26. The number of carbonyl (C=O) groups is 1. The van der Waals surface area contributed by atoms with Crippen LogP contribution in [0.25, 0.3) is 0 Å². The minimum Gasteiger partial charge on any atom is -0.469 e. The largest absolute Gasteiger partial charge is 0.469 e. The molecule has 0 radical (unpaired) electrons. The lowest BCUT2D eigenvalue weighted by Gasteiger charge is -2.39. The van der Waals surface area contributed by atoms with Crippen molar-refractivity contribution >= 4 is 5.97 Å². The van der Waals surface area contributed by atoms with Gasteiger partial charge in [0.05, 0.1) is 13.5 Å². The lowest BCUT2D eigenvalue weighted by Crippen LogP contribution is -2.44. The molecule has 1 N–H and O–H groups in total. The fourth-order valence-electron chi connectivity index (χ4n) is 2.53. The van der Waals surface area contributed by atoms with E-state index in [2.05, 4.69) is 12.2 Å². The van der Waals surface area contributed by atoms with Gasteiger partial charge in [-0.1, -0.05) is 12.2 Å². The van der Waals surface area contributed by atoms with Crippen LogP contribution >= 0.6 is 0 Å². The normalized spacial score (nSPS) is 25.8. The third-order valence-electron chi connectivity index (χ3n) is 3.99. The Hall–Kier alpha value is -1.17. The van der Waals surface area contributed by atoms with Crippen molar-refractivity contribution in [1.29, 1.82) is 0 Å². The molecular weight excluding hydrogens is 284 g/mol. The Bertz CT molecular complexity index is 427. The number of methoxy groups -OCH3 is 2. The van der Waals surface area contributed by atoms with Crippen LogP contribution in [-0.2, 0) is 19.0 Å². The molecule has 5 nitrogen and oxygen atoms in total. The van der Waals surface area contributed by atoms with Gasteiger partial charge >= 0.3 is 5.97 Å². The first-order valence-electron chi connectivity index (χ1n) is 7.72. The lowest BCUT2D eigenvalue weighted by molar-refractivity contribution is -0.242. The van der Waals surface area contributed by atoms with Crippen molar-refractivity contribution in [3.05, 3.63) is 23.3 Å². The van der Waals surface area contributed by atoms with E-state index in [1.807, 2.05) is 13.8 Å². The fourth-order valence-corrected chi connectivity index (χ4v) is 2.53. The SMILES string of the molecule is COC(=O)C[C@@]1(OC)CC=C(C)[C@@H](/C(C)=C/CCCCO)O1. The topological polar surface area (TPSA) is 65.0 Å². The first-order chi connectivity index (χ1) is 10.5. The van der Waals surface area contributed by atoms with E-state index in [-0.39, 0.29) is 25.1 Å². The molecule has 0 saturated heterocycles. The summed E-state index contributed by atoms with van der Waals surface area (Å²) in [7, 11) is 2.91. The molecule has 0 aliphatic carbocycles. The Morgan fingerprint density at radius 1 is 1.50 bits per heavy atom. The number of aliphatic hydroxyl groups excluding tert-OH is 1. The molecule has 22 heavy (non-hydrogen) atoms. The molecule has 126 valence electrons. The smallest absolute Gasteiger partial charge is 0.311 e. The summed E-state index contributed by atoms with van der Waals surface area (Å²) in [5.41, 5.74) is 2.21. The second-order valence-corrected chi connectivity index (χ2v) is 5.69. The lowest BCUT2D eigenvalue weighted by atomic mass is 9.94. The number of unbranched alkanes of at least 4 members (excludes halogenated alkanes) is 2. The molecule has 5 heteroatoms. The Morgan fingerprint density at radius 2 is 2.23 bits per heavy atom. The van der Waals surface area contributed by atoms with E-state index >= 15 is 0 Å². The number of hydrogen-bond acceptors (Lipinski definition) is 5. The number of rotatable bonds is 8. The molecular formula is C17H28O5. The summed E-state index contributed by atoms with van der Waals surface area (Å²) >= 11 is 0. The molecule has 0 amide bonds. The summed E-state index contributed by atoms with van der Waals surface area (Å²) in [6.07, 6.45) is 7.24. The van der Waals surface area contributed by atoms with Gasteiger partial charge in [-0.15, -0.1) is 0 Å². The average Bonchev–Trinajstić information content (AvgIpc) is 2.53. The maximum atomic E-state index is 11.6. The summed E-state index contributed by atoms with van der Waals surface area (Å²) in [5.74, 6) is -1.31. The van der Waals surface area contributed by atoms with Gasteiger partial charge < -0.3 is 19.3 Å². The molecule has 1 aliphatic heterocycles. The highest BCUT2D eigenvalue weighted by Gasteiger charge is 2.39. The second-order valence-electron chi connectivity index (χ2n) is 5.69. The van der Waals surface area contributed by atoms with E-state index in [0.29, 0.717) is 6.42 Å². The van der Waals surface area contributed by atoms with Crippen molar-refractivity contribution in [3.63, 3.8) is 0 Å². The van der Waals surface area contributed by atoms with Crippen LogP contribution in [0, 0.1) is 0 Å². The van der Waals surface area contributed by atoms with Gasteiger partial charge in [-0.25, -0.2) is 0 Å². The molecule has 0 aromatic carbocycles. The Labute approximate surface area is 132 Å². The van der Waals surface area contributed by atoms with Crippen LogP contribution in [0.3, 0.4) is 0 Å². The molecule has 0 aromatic heterocycles. The van der Waals surface area contributed by atoms with E-state index in [4.69, 9.17) is 19.3 Å². The molecule has 0 unspecified atom stereocenters. The monoisotopic (exact) mass is 312 g/mol. The van der Waals surface area contributed by atoms with E-state index in [1.54, 1.807) is 7.11 Å². The molecule has 2 atom stereocenters. The van der Waals surface area contributed by atoms with Gasteiger partial charge in [0.15, 0.2) is 5.79 Å². The minimum atomic E-state index is -0.961. The van der Waals surface area contributed by atoms with Gasteiger partial charge in [0.2, 0.25) is 0 Å². The highest BCUT2D eigenvalue weighted by molar-refractivity contribution is 5.70. The number of esters is 1. The summed E-state index contributed by atoms with van der Waals surface area (Å²) in [6, 6.07) is 0. The quantitative estimate of drug-likeness (QED) is 0.424. The van der Waals surface area contributed by atoms with Crippen LogP contribution < -0.4 is 0 Å². The zero-order chi connectivity index (χ0) is 16.6. The Kier molecular flexibility index (Phi) is 7.79. The van der Waals surface area contributed by atoms with Crippen LogP contribution in [-0.4, -0.2) is 43.8 Å². The van der Waals surface area contributed by atoms with Gasteiger partial charge in [0.1, 0.15) is 6.10 Å². The van der Waals surface area contributed by atoms with Crippen LogP contribution in [0.1, 0.15) is 46.0 Å². The van der Waals surface area contributed by atoms with Crippen LogP contribution in [0.2, 0.25) is 0 Å². The Balaban J connectivity index is 2.80. The standard InChI is InChI=1S/C17H28O5/c1-13(8-6-5-7-11-18)16-14(2)9-10-17(21-4,22-16)12-15(19)20-3/h8-9,16,18H,5-7,10-12H2,1-4H3/b13-8+/t16-,17-/m1/s1. The van der Waals surface area contributed by atoms with Crippen LogP contribution in [0.15, 0.2) is 23.3 Å². The van der Waals surface area contributed by atoms with Crippen molar-refractivity contribution in [2.45, 2.75) is 57.8 Å². The number of ether oxygens (including phenoxy) is 3. The van der Waals surface area contributed by atoms with E-state index in [1.165, 1.54) is 7.11 Å². The number of allylic oxidation sites excluding steroid dienone is 1. The predicted octanol–water partition coefficient (Wildman–Crippen LogP) is 2.74. The zero-order valence-corrected chi connectivity index (χ0v) is 14.1. The summed E-state index contributed by atoms with van der Waals surface area (Å²) in [5, 5.41) is 8.82. The molecule has 0 spiro atoms. The highest BCUT2D eigenvalue weighted by Crippen LogP contribution is 2.34. The van der Waals surface area contributed by atoms with Gasteiger partial charge in [0.25, 0.3) is 0 Å². The molecule has 0 aromatic rings. The van der Waals surface area contributed by atoms with Gasteiger partial charge in [-0.05, 0) is 44.3 Å². The highest BCUT2D eigenvalue weighted by atomic mass is 16.7. The van der Waals surface area contributed by atoms with E-state index in [0.717, 1.165) is 30.4 Å². The van der Waals surface area contributed by atoms with Crippen molar-refractivity contribution in [1.82, 2.24) is 0 Å². The van der Waals surface area contributed by atoms with Gasteiger partial charge in [-0.2, -0.15) is 0 Å². The van der Waals surface area contributed by atoms with E-state index < -0.39 is 5.79 Å². The number of hydrogen-bond donors (Lipinski definition) is 1. The maximum Gasteiger partial charge on any atom is 0.311 e. The summed E-state index contributed by atoms with van der Waals surface area (Å²) < 4.78 is 16.3. The van der Waals surface area contributed by atoms with Gasteiger partial charge in [-0.3, -0.25) is 4.79 Å². The predicted molar refractivity (Wildman–Crippen MR) is 84.3 cm³/mol. The van der Waals surface area contributed by atoms with Crippen LogP contribution in [0.4, 0.5) is 0 Å². The van der Waals surface area contributed by atoms with Crippen molar-refractivity contribution in [2.75, 3.05) is 20.8 Å². The van der Waals surface area contributed by atoms with Crippen molar-refractivity contribution in [3.8, 4) is 0 Å². The summed E-state index contributed by atoms with van der Waals surface area (Å²) in [4.78, 5) is 11.6. The number of carbonyl (C=O) groups excluding carboxylic acids is 1. The average molecular weight is 312 g/mol. The van der Waals surface area contributed by atoms with Crippen LogP contribution in [0.5, 0.6) is 0 Å². The van der Waals surface area contributed by atoms with Crippen molar-refractivity contribution in [2.24, 2.45) is 0 Å². The molecule has 1 rings (SSSR count). The first kappa shape index (κ1) is 18.9. The fraction of sp³-hybridized carbons (Fsp3) is 0.706. The first-order valence-corrected chi connectivity index (χ1v) is 7.72. The third kappa shape index (κ3) is 5.23. The molecule has 1 aliphatic rings. The maximum absolute atomic E-state index is 11.6. The minimum absolute atomic E-state index is 0.0675. The molecule has 1 heterocycles. The second kappa shape index (κ2) is 9.08. The van der Waals surface area contributed by atoms with Gasteiger partial charge in [0, 0.05) is 20.1 Å².